The Morgan fingerprint density at radius 3 is 2.43 bits per heavy atom. The van der Waals surface area contributed by atoms with Gasteiger partial charge in [-0.25, -0.2) is 4.39 Å². The maximum absolute atomic E-state index is 13.0. The molecule has 28 heavy (non-hydrogen) atoms. The van der Waals surface area contributed by atoms with Gasteiger partial charge in [0.2, 0.25) is 0 Å². The first-order valence-electron chi connectivity index (χ1n) is 8.37. The number of aliphatic carboxylic acids is 1. The van der Waals surface area contributed by atoms with Gasteiger partial charge < -0.3 is 9.84 Å². The molecule has 1 saturated heterocycles. The van der Waals surface area contributed by atoms with Crippen LogP contribution in [-0.4, -0.2) is 33.7 Å². The summed E-state index contributed by atoms with van der Waals surface area (Å²) in [5.41, 5.74) is 1.37. The molecule has 2 aromatic carbocycles. The number of hydrogen-bond donors (Lipinski definition) is 1. The summed E-state index contributed by atoms with van der Waals surface area (Å²) in [5, 5.41) is 8.22. The summed E-state index contributed by atoms with van der Waals surface area (Å²) in [7, 11) is 0. The molecule has 1 N–H and O–H groups in total. The van der Waals surface area contributed by atoms with E-state index in [0.29, 0.717) is 21.8 Å². The minimum Gasteiger partial charge on any atom is -0.493 e. The Bertz CT molecular complexity index is 925. The Hall–Kier alpha value is -3.13. The van der Waals surface area contributed by atoms with Gasteiger partial charge in [0.15, 0.2) is 0 Å². The second-order valence-corrected chi connectivity index (χ2v) is 6.95. The van der Waals surface area contributed by atoms with Gasteiger partial charge in [0.25, 0.3) is 11.1 Å². The Morgan fingerprint density at radius 1 is 1.11 bits per heavy atom. The highest BCUT2D eigenvalue weighted by Gasteiger charge is 2.34. The lowest BCUT2D eigenvalue weighted by molar-refractivity contribution is -0.137. The number of thioether (sulfide) groups is 1. The van der Waals surface area contributed by atoms with Gasteiger partial charge >= 0.3 is 5.97 Å². The van der Waals surface area contributed by atoms with Gasteiger partial charge in [-0.2, -0.15) is 0 Å². The molecule has 0 saturated carbocycles. The maximum Gasteiger partial charge on any atom is 0.306 e. The van der Waals surface area contributed by atoms with Gasteiger partial charge in [0.05, 0.1) is 24.5 Å². The van der Waals surface area contributed by atoms with Crippen molar-refractivity contribution in [3.8, 4) is 5.75 Å². The fourth-order valence-corrected chi connectivity index (χ4v) is 3.31. The molecule has 2 aromatic rings. The molecule has 1 fully saturated rings. The molecule has 144 valence electrons. The molecule has 6 nitrogen and oxygen atoms in total. The van der Waals surface area contributed by atoms with E-state index in [-0.39, 0.29) is 30.6 Å². The van der Waals surface area contributed by atoms with Crippen molar-refractivity contribution in [2.24, 2.45) is 0 Å². The second-order valence-electron chi connectivity index (χ2n) is 5.96. The van der Waals surface area contributed by atoms with Gasteiger partial charge in [0.1, 0.15) is 11.6 Å². The van der Waals surface area contributed by atoms with E-state index in [1.807, 2.05) is 0 Å². The number of benzene rings is 2. The summed E-state index contributed by atoms with van der Waals surface area (Å²) in [4.78, 5) is 36.6. The number of imide groups is 1. The molecule has 0 aromatic heterocycles. The van der Waals surface area contributed by atoms with E-state index < -0.39 is 11.9 Å². The van der Waals surface area contributed by atoms with Crippen LogP contribution >= 0.6 is 11.8 Å². The monoisotopic (exact) mass is 401 g/mol. The van der Waals surface area contributed by atoms with Gasteiger partial charge in [0, 0.05) is 0 Å². The molecule has 0 atom stereocenters. The lowest BCUT2D eigenvalue weighted by Gasteiger charge is -2.12. The van der Waals surface area contributed by atoms with Crippen LogP contribution in [0.2, 0.25) is 0 Å². The first-order valence-corrected chi connectivity index (χ1v) is 9.18. The maximum atomic E-state index is 13.0. The van der Waals surface area contributed by atoms with Gasteiger partial charge in [-0.3, -0.25) is 19.3 Å². The third-order valence-electron chi connectivity index (χ3n) is 3.89. The Labute approximate surface area is 164 Å². The average molecular weight is 401 g/mol. The minimum absolute atomic E-state index is 0.0664. The van der Waals surface area contributed by atoms with E-state index in [1.54, 1.807) is 30.3 Å². The highest BCUT2D eigenvalue weighted by Crippen LogP contribution is 2.33. The van der Waals surface area contributed by atoms with E-state index in [9.17, 15) is 18.8 Å². The first kappa shape index (κ1) is 19.6. The molecule has 0 bridgehead atoms. The summed E-state index contributed by atoms with van der Waals surface area (Å²) in [6.07, 6.45) is 1.51. The zero-order chi connectivity index (χ0) is 20.1. The van der Waals surface area contributed by atoms with Crippen LogP contribution in [0.15, 0.2) is 53.4 Å². The van der Waals surface area contributed by atoms with Crippen molar-refractivity contribution < 1.29 is 28.6 Å². The second kappa shape index (κ2) is 8.71. The molecule has 0 spiro atoms. The summed E-state index contributed by atoms with van der Waals surface area (Å²) in [6.45, 7) is 0.148. The molecule has 0 unspecified atom stereocenters. The van der Waals surface area contributed by atoms with E-state index in [2.05, 4.69) is 0 Å². The SMILES string of the molecule is O=C(O)CCOc1ccc(/C=C2/SC(=O)N(Cc3ccc(F)cc3)C2=O)cc1. The molecule has 8 heteroatoms. The third kappa shape index (κ3) is 4.98. The number of carboxylic acid groups (broad SMARTS) is 1. The molecule has 1 aliphatic heterocycles. The number of carboxylic acids is 1. The standard InChI is InChI=1S/C20H16FNO5S/c21-15-5-1-14(2-6-15)12-22-19(25)17(28-20(22)26)11-13-3-7-16(8-4-13)27-10-9-18(23)24/h1-8,11H,9-10,12H2,(H,23,24)/b17-11+. The lowest BCUT2D eigenvalue weighted by atomic mass is 10.2. The first-order chi connectivity index (χ1) is 13.4. The van der Waals surface area contributed by atoms with Crippen molar-refractivity contribution in [1.82, 2.24) is 4.90 Å². The fourth-order valence-electron chi connectivity index (χ4n) is 2.48. The van der Waals surface area contributed by atoms with Crippen LogP contribution in [-0.2, 0) is 16.1 Å². The van der Waals surface area contributed by atoms with Crippen molar-refractivity contribution in [3.63, 3.8) is 0 Å². The third-order valence-corrected chi connectivity index (χ3v) is 4.80. The molecule has 0 radical (unpaired) electrons. The highest BCUT2D eigenvalue weighted by atomic mass is 32.2. The van der Waals surface area contributed by atoms with Gasteiger partial charge in [-0.05, 0) is 53.2 Å². The van der Waals surface area contributed by atoms with Crippen molar-refractivity contribution in [1.29, 1.82) is 0 Å². The van der Waals surface area contributed by atoms with E-state index in [1.165, 1.54) is 24.3 Å². The van der Waals surface area contributed by atoms with E-state index in [4.69, 9.17) is 9.84 Å². The molecular formula is C20H16FNO5S. The van der Waals surface area contributed by atoms with Crippen molar-refractivity contribution >= 4 is 35.0 Å². The van der Waals surface area contributed by atoms with Gasteiger partial charge in [-0.15, -0.1) is 0 Å². The fraction of sp³-hybridized carbons (Fsp3) is 0.150. The Balaban J connectivity index is 1.65. The normalized spacial score (nSPS) is 15.3. The van der Waals surface area contributed by atoms with E-state index >= 15 is 0 Å². The van der Waals surface area contributed by atoms with Crippen LogP contribution in [0, 0.1) is 5.82 Å². The summed E-state index contributed by atoms with van der Waals surface area (Å²) >= 11 is 0.848. The number of carbonyl (C=O) groups is 3. The predicted molar refractivity (Wildman–Crippen MR) is 102 cm³/mol. The van der Waals surface area contributed by atoms with Crippen LogP contribution in [0.3, 0.4) is 0 Å². The number of carbonyl (C=O) groups excluding carboxylic acids is 2. The van der Waals surface area contributed by atoms with Crippen molar-refractivity contribution in [3.05, 3.63) is 70.4 Å². The number of nitrogens with zero attached hydrogens (tertiary/aromatic N) is 1. The highest BCUT2D eigenvalue weighted by molar-refractivity contribution is 8.18. The zero-order valence-electron chi connectivity index (χ0n) is 14.6. The topological polar surface area (TPSA) is 83.9 Å². The largest absolute Gasteiger partial charge is 0.493 e. The number of ether oxygens (including phenoxy) is 1. The summed E-state index contributed by atoms with van der Waals surface area (Å²) in [6, 6.07) is 12.4. The Kier molecular flexibility index (Phi) is 6.10. The smallest absolute Gasteiger partial charge is 0.306 e. The number of hydrogen-bond acceptors (Lipinski definition) is 5. The molecule has 1 heterocycles. The summed E-state index contributed by atoms with van der Waals surface area (Å²) < 4.78 is 18.3. The molecule has 2 amide bonds. The van der Waals surface area contributed by atoms with Crippen molar-refractivity contribution in [2.75, 3.05) is 6.61 Å². The Morgan fingerprint density at radius 2 is 1.79 bits per heavy atom. The lowest BCUT2D eigenvalue weighted by Crippen LogP contribution is -2.27. The number of amides is 2. The van der Waals surface area contributed by atoms with E-state index in [0.717, 1.165) is 16.7 Å². The number of halogens is 1. The van der Waals surface area contributed by atoms with Crippen LogP contribution in [0.4, 0.5) is 9.18 Å². The molecular weight excluding hydrogens is 385 g/mol. The number of rotatable bonds is 7. The van der Waals surface area contributed by atoms with Crippen LogP contribution in [0.1, 0.15) is 17.5 Å². The molecule has 1 aliphatic rings. The van der Waals surface area contributed by atoms with Gasteiger partial charge in [-0.1, -0.05) is 24.3 Å². The predicted octanol–water partition coefficient (Wildman–Crippen LogP) is 3.92. The van der Waals surface area contributed by atoms with Crippen LogP contribution < -0.4 is 4.74 Å². The van der Waals surface area contributed by atoms with Crippen LogP contribution in [0.5, 0.6) is 5.75 Å². The molecule has 3 rings (SSSR count). The molecule has 0 aliphatic carbocycles. The minimum atomic E-state index is -0.937. The van der Waals surface area contributed by atoms with Crippen LogP contribution in [0.25, 0.3) is 6.08 Å². The van der Waals surface area contributed by atoms with Crippen molar-refractivity contribution in [2.45, 2.75) is 13.0 Å². The summed E-state index contributed by atoms with van der Waals surface area (Å²) in [5.74, 6) is -1.20. The average Bonchev–Trinajstić information content (AvgIpc) is 2.92. The zero-order valence-corrected chi connectivity index (χ0v) is 15.4. The quantitative estimate of drug-likeness (QED) is 0.708.